The minimum Gasteiger partial charge on any atom is -0.481 e. The molecule has 0 radical (unpaired) electrons. The van der Waals surface area contributed by atoms with Crippen molar-refractivity contribution >= 4 is 95.2 Å². The van der Waals surface area contributed by atoms with Crippen LogP contribution in [0.2, 0.25) is 0 Å². The summed E-state index contributed by atoms with van der Waals surface area (Å²) >= 11 is 4.19. The lowest BCUT2D eigenvalue weighted by Gasteiger charge is -2.25. The van der Waals surface area contributed by atoms with Gasteiger partial charge in [-0.2, -0.15) is 12.6 Å². The number of nitrogens with one attached hydrogen (secondary N) is 6. The highest BCUT2D eigenvalue weighted by atomic mass is 32.1. The molecule has 25 nitrogen and oxygen atoms in total. The number of aliphatic imine (C=N–C) groups is 3. The summed E-state index contributed by atoms with van der Waals surface area (Å²) in [5.74, 6) is -7.78. The molecular weight excluding hydrogens is 963 g/mol. The number of nitrogens with two attached hydrogens (primary N) is 2. The average Bonchev–Trinajstić information content (AvgIpc) is 3.89. The molecule has 6 amide bonds. The Hall–Kier alpha value is -6.80. The van der Waals surface area contributed by atoms with Gasteiger partial charge in [0.25, 0.3) is 11.8 Å². The van der Waals surface area contributed by atoms with Gasteiger partial charge in [0.15, 0.2) is 24.0 Å². The molecule has 0 saturated heterocycles. The second-order valence-corrected chi connectivity index (χ2v) is 17.8. The van der Waals surface area contributed by atoms with Gasteiger partial charge in [0.05, 0.1) is 43.9 Å². The lowest BCUT2D eigenvalue weighted by Crippen LogP contribution is -2.52. The highest BCUT2D eigenvalue weighted by molar-refractivity contribution is 7.80. The summed E-state index contributed by atoms with van der Waals surface area (Å²) in [6, 6.07) is 1.83. The van der Waals surface area contributed by atoms with Crippen LogP contribution in [0.15, 0.2) is 39.2 Å². The number of guanidine groups is 1. The fourth-order valence-corrected chi connectivity index (χ4v) is 8.07. The van der Waals surface area contributed by atoms with Crippen LogP contribution in [0.1, 0.15) is 93.8 Å². The van der Waals surface area contributed by atoms with Crippen molar-refractivity contribution in [2.45, 2.75) is 114 Å². The van der Waals surface area contributed by atoms with Gasteiger partial charge in [0, 0.05) is 61.6 Å². The van der Waals surface area contributed by atoms with Gasteiger partial charge >= 0.3 is 11.9 Å². The molecule has 1 saturated carbocycles. The van der Waals surface area contributed by atoms with Gasteiger partial charge in [-0.15, -0.1) is 0 Å². The molecule has 4 rings (SSSR count). The molecule has 0 spiro atoms. The second-order valence-electron chi connectivity index (χ2n) is 17.4. The molecule has 72 heavy (non-hydrogen) atoms. The van der Waals surface area contributed by atoms with Crippen LogP contribution in [-0.2, 0) is 52.6 Å². The molecule has 1 aliphatic carbocycles. The van der Waals surface area contributed by atoms with Crippen LogP contribution >= 0.6 is 12.6 Å². The SMILES string of the molecule is NC(=O)C(CCCCNC(=O)C(CS)CC(=O)C(CC(=O)O)NC(=O)C1CCCC1)NC(=O)COCCOCCCC(=O)CCC(NC(=O)c1ccc(NCC2=NC3C(=O)NC(N)=NC3N=C2)cc1)C(=O)O. The van der Waals surface area contributed by atoms with Crippen LogP contribution in [0.3, 0.4) is 0 Å². The number of Topliss-reactive ketones (excluding diaryl/α,β-unsaturated/α-hetero) is 2. The van der Waals surface area contributed by atoms with E-state index in [-0.39, 0.29) is 99.9 Å². The number of carbonyl (C=O) groups excluding carboxylic acids is 8. The molecule has 6 atom stereocenters. The Labute approximate surface area is 420 Å². The fourth-order valence-electron chi connectivity index (χ4n) is 7.78. The number of anilines is 1. The number of fused-ring (bicyclic) bond motifs is 1. The van der Waals surface area contributed by atoms with Crippen molar-refractivity contribution < 1.29 is 67.6 Å². The number of carboxylic acid groups (broad SMARTS) is 2. The van der Waals surface area contributed by atoms with Gasteiger partial charge < -0.3 is 57.7 Å². The minimum atomic E-state index is -1.31. The largest absolute Gasteiger partial charge is 0.481 e. The van der Waals surface area contributed by atoms with Gasteiger partial charge in [0.1, 0.15) is 24.5 Å². The third kappa shape index (κ3) is 20.1. The van der Waals surface area contributed by atoms with Gasteiger partial charge in [0.2, 0.25) is 23.6 Å². The maximum atomic E-state index is 13.0. The normalized spacial score (nSPS) is 17.9. The van der Waals surface area contributed by atoms with Crippen LogP contribution in [0.5, 0.6) is 0 Å². The first-order chi connectivity index (χ1) is 34.4. The van der Waals surface area contributed by atoms with E-state index in [1.807, 2.05) is 0 Å². The number of hydrogen-bond acceptors (Lipinski definition) is 18. The standard InChI is InChI=1S/C46H65N11O14S/c47-39(63)32(9-3-4-16-49-41(64)28(25-72)20-35(59)34(21-37(61)62)55-42(65)26-6-1-2-7-26)53-36(60)24-71-19-18-70-17-5-8-31(58)14-15-33(45(68)69)54-43(66)27-10-12-29(13-11-27)50-22-30-23-51-40-38(52-30)44(67)57-46(48)56-40/h10-13,23,26,28,32-34,38,40,50,72H,1-9,14-22,24-25H2,(H2,47,63)(H,49,64)(H,53,60)(H,54,66)(H,55,65)(H,61,62)(H,68,69)(H3,48,56,57,67). The molecular formula is C46H65N11O14S. The van der Waals surface area contributed by atoms with Crippen molar-refractivity contribution in [3.8, 4) is 0 Å². The smallest absolute Gasteiger partial charge is 0.326 e. The predicted octanol–water partition coefficient (Wildman–Crippen LogP) is -0.980. The van der Waals surface area contributed by atoms with E-state index in [9.17, 15) is 58.2 Å². The summed E-state index contributed by atoms with van der Waals surface area (Å²) in [7, 11) is 0. The Kier molecular flexibility index (Phi) is 24.2. The number of aliphatic carboxylic acids is 2. The highest BCUT2D eigenvalue weighted by Crippen LogP contribution is 2.25. The quantitative estimate of drug-likeness (QED) is 0.0292. The topological polar surface area (TPSA) is 391 Å². The fraction of sp³-hybridized carbons (Fsp3) is 0.587. The first kappa shape index (κ1) is 57.8. The Morgan fingerprint density at radius 1 is 0.833 bits per heavy atom. The molecule has 1 aromatic rings. The highest BCUT2D eigenvalue weighted by Gasteiger charge is 2.35. The second kappa shape index (κ2) is 30.2. The molecule has 1 aromatic carbocycles. The van der Waals surface area contributed by atoms with E-state index in [4.69, 9.17) is 20.9 Å². The Bertz CT molecular complexity index is 2200. The van der Waals surface area contributed by atoms with Crippen LogP contribution in [0.4, 0.5) is 5.69 Å². The first-order valence-electron chi connectivity index (χ1n) is 23.7. The minimum absolute atomic E-state index is 0.000898. The number of ketones is 2. The number of nitrogens with zero attached hydrogens (tertiary/aromatic N) is 3. The number of carbonyl (C=O) groups is 10. The molecule has 6 unspecified atom stereocenters. The molecule has 3 aliphatic rings. The van der Waals surface area contributed by atoms with Crippen LogP contribution in [0, 0.1) is 11.8 Å². The van der Waals surface area contributed by atoms with Crippen LogP contribution < -0.4 is 43.4 Å². The van der Waals surface area contributed by atoms with Crippen molar-refractivity contribution in [3.05, 3.63) is 29.8 Å². The summed E-state index contributed by atoms with van der Waals surface area (Å²) in [5.41, 5.74) is 12.4. The zero-order valence-corrected chi connectivity index (χ0v) is 40.7. The zero-order chi connectivity index (χ0) is 52.6. The van der Waals surface area contributed by atoms with Gasteiger partial charge in [-0.1, -0.05) is 12.8 Å². The number of ether oxygens (including phenoxy) is 2. The molecule has 2 aliphatic heterocycles. The summed E-state index contributed by atoms with van der Waals surface area (Å²) in [4.78, 5) is 136. The number of benzene rings is 1. The van der Waals surface area contributed by atoms with Gasteiger partial charge in [-0.05, 0) is 69.2 Å². The molecule has 12 N–H and O–H groups in total. The summed E-state index contributed by atoms with van der Waals surface area (Å²) < 4.78 is 10.8. The lowest BCUT2D eigenvalue weighted by molar-refractivity contribution is -0.141. The first-order valence-corrected chi connectivity index (χ1v) is 24.4. The molecule has 26 heteroatoms. The Morgan fingerprint density at radius 3 is 2.24 bits per heavy atom. The van der Waals surface area contributed by atoms with E-state index in [0.717, 1.165) is 12.8 Å². The van der Waals surface area contributed by atoms with Crippen LogP contribution in [-0.4, -0.2) is 163 Å². The maximum absolute atomic E-state index is 13.0. The number of unbranched alkanes of at least 4 members (excludes halogenated alkanes) is 1. The summed E-state index contributed by atoms with van der Waals surface area (Å²) in [5, 5.41) is 34.7. The molecule has 0 aromatic heterocycles. The van der Waals surface area contributed by atoms with Crippen LogP contribution in [0.25, 0.3) is 0 Å². The van der Waals surface area contributed by atoms with E-state index in [2.05, 4.69) is 59.5 Å². The number of amides is 6. The Morgan fingerprint density at radius 2 is 1.56 bits per heavy atom. The molecule has 0 bridgehead atoms. The summed E-state index contributed by atoms with van der Waals surface area (Å²) in [6.45, 7) is 0.301. The number of primary amides is 1. The third-order valence-corrected chi connectivity index (χ3v) is 12.2. The maximum Gasteiger partial charge on any atom is 0.326 e. The van der Waals surface area contributed by atoms with Crippen molar-refractivity contribution in [2.24, 2.45) is 38.3 Å². The summed E-state index contributed by atoms with van der Waals surface area (Å²) in [6.07, 6.45) is 4.13. The van der Waals surface area contributed by atoms with Crippen molar-refractivity contribution in [2.75, 3.05) is 50.6 Å². The predicted molar refractivity (Wildman–Crippen MR) is 263 cm³/mol. The molecule has 394 valence electrons. The molecule has 2 heterocycles. The molecule has 1 fully saturated rings. The van der Waals surface area contributed by atoms with Gasteiger partial charge in [-0.3, -0.25) is 58.5 Å². The third-order valence-electron chi connectivity index (χ3n) is 11.8. The van der Waals surface area contributed by atoms with Crippen molar-refractivity contribution in [1.82, 2.24) is 26.6 Å². The average molecular weight is 1030 g/mol. The van der Waals surface area contributed by atoms with E-state index in [1.54, 1.807) is 12.1 Å². The number of hydrogen-bond donors (Lipinski definition) is 11. The Balaban J connectivity index is 1.03. The van der Waals surface area contributed by atoms with E-state index in [0.29, 0.717) is 43.5 Å². The van der Waals surface area contributed by atoms with E-state index < -0.39 is 96.5 Å². The van der Waals surface area contributed by atoms with Crippen molar-refractivity contribution in [1.29, 1.82) is 0 Å². The number of rotatable bonds is 34. The number of carboxylic acids is 2. The number of thiol groups is 1. The van der Waals surface area contributed by atoms with E-state index >= 15 is 0 Å². The zero-order valence-electron chi connectivity index (χ0n) is 39.8. The van der Waals surface area contributed by atoms with Crippen molar-refractivity contribution in [3.63, 3.8) is 0 Å². The van der Waals surface area contributed by atoms with Gasteiger partial charge in [-0.25, -0.2) is 9.79 Å². The lowest BCUT2D eigenvalue weighted by atomic mass is 9.96. The monoisotopic (exact) mass is 1030 g/mol. The van der Waals surface area contributed by atoms with E-state index in [1.165, 1.54) is 18.3 Å².